The van der Waals surface area contributed by atoms with Crippen LogP contribution in [0.15, 0.2) is 48.9 Å². The van der Waals surface area contributed by atoms with Crippen molar-refractivity contribution in [1.29, 1.82) is 0 Å². The topological polar surface area (TPSA) is 108 Å². The summed E-state index contributed by atoms with van der Waals surface area (Å²) in [5.41, 5.74) is 3.95. The van der Waals surface area contributed by atoms with Crippen LogP contribution in [0.25, 0.3) is 21.8 Å². The normalized spacial score (nSPS) is 21.2. The number of nitrogens with one attached hydrogen (secondary N) is 2. The fourth-order valence-corrected chi connectivity index (χ4v) is 5.62. The minimum absolute atomic E-state index is 0.211. The summed E-state index contributed by atoms with van der Waals surface area (Å²) in [6.45, 7) is 0. The summed E-state index contributed by atoms with van der Waals surface area (Å²) in [5.74, 6) is -0.956. The molecule has 5 heterocycles. The van der Waals surface area contributed by atoms with Gasteiger partial charge in [0.25, 0.3) is 5.91 Å². The lowest BCUT2D eigenvalue weighted by Gasteiger charge is -2.30. The van der Waals surface area contributed by atoms with Crippen molar-refractivity contribution in [3.63, 3.8) is 0 Å². The predicted molar refractivity (Wildman–Crippen MR) is 121 cm³/mol. The van der Waals surface area contributed by atoms with Gasteiger partial charge in [0.05, 0.1) is 17.6 Å². The van der Waals surface area contributed by atoms with Gasteiger partial charge in [0.2, 0.25) is 11.8 Å². The lowest BCUT2D eigenvalue weighted by atomic mass is 9.88. The number of hydrogen-bond donors (Lipinski definition) is 2. The molecular weight excluding hydrogens is 418 g/mol. The van der Waals surface area contributed by atoms with Crippen LogP contribution < -0.4 is 10.2 Å². The molecule has 8 nitrogen and oxygen atoms in total. The summed E-state index contributed by atoms with van der Waals surface area (Å²) >= 11 is 0. The van der Waals surface area contributed by atoms with Crippen LogP contribution in [-0.4, -0.2) is 38.7 Å². The SMILES string of the molecule is O=C1CCC(N2C(=O)c3cccc4c(C5(c6c[nH]c7ncccc67)CC5)ncc2c34)C(=O)N1. The van der Waals surface area contributed by atoms with Crippen molar-refractivity contribution in [3.8, 4) is 0 Å². The van der Waals surface area contributed by atoms with Gasteiger partial charge in [-0.05, 0) is 43.0 Å². The second kappa shape index (κ2) is 6.25. The molecule has 3 aromatic heterocycles. The number of imide groups is 1. The molecule has 0 spiro atoms. The Balaban J connectivity index is 1.41. The Morgan fingerprint density at radius 2 is 1.88 bits per heavy atom. The lowest BCUT2D eigenvalue weighted by molar-refractivity contribution is -0.134. The van der Waals surface area contributed by atoms with Crippen molar-refractivity contribution in [2.24, 2.45) is 0 Å². The van der Waals surface area contributed by atoms with Crippen LogP contribution in [0.2, 0.25) is 0 Å². The molecule has 2 fully saturated rings. The highest BCUT2D eigenvalue weighted by molar-refractivity contribution is 6.27. The molecular formula is C25H19N5O3. The molecule has 0 radical (unpaired) electrons. The number of aromatic amines is 1. The number of piperidine rings is 1. The third-order valence-electron chi connectivity index (χ3n) is 7.29. The van der Waals surface area contributed by atoms with Crippen LogP contribution >= 0.6 is 0 Å². The molecule has 2 N–H and O–H groups in total. The van der Waals surface area contributed by atoms with Gasteiger partial charge in [0, 0.05) is 46.0 Å². The van der Waals surface area contributed by atoms with Crippen molar-refractivity contribution in [3.05, 3.63) is 65.7 Å². The Kier molecular flexibility index (Phi) is 3.50. The minimum Gasteiger partial charge on any atom is -0.346 e. The standard InChI is InChI=1S/C25H19N5O3/c31-19-7-6-17(23(32)29-19)30-18-12-27-21(14-3-1-4-15(20(14)18)24(30)33)25(8-9-25)16-11-28-22-13(16)5-2-10-26-22/h1-5,10-12,17H,6-9H2,(H,26,28)(H,29,31,32). The van der Waals surface area contributed by atoms with Crippen molar-refractivity contribution >= 4 is 45.2 Å². The Bertz CT molecular complexity index is 1530. The molecule has 1 saturated heterocycles. The number of nitrogens with zero attached hydrogens (tertiary/aromatic N) is 3. The van der Waals surface area contributed by atoms with Crippen LogP contribution in [0.5, 0.6) is 0 Å². The molecule has 1 unspecified atom stereocenters. The summed E-state index contributed by atoms with van der Waals surface area (Å²) < 4.78 is 0. The van der Waals surface area contributed by atoms with Crippen LogP contribution in [0.4, 0.5) is 5.69 Å². The molecule has 2 aliphatic heterocycles. The van der Waals surface area contributed by atoms with Crippen LogP contribution in [0.1, 0.15) is 47.3 Å². The van der Waals surface area contributed by atoms with Gasteiger partial charge in [-0.1, -0.05) is 12.1 Å². The third-order valence-corrected chi connectivity index (χ3v) is 7.29. The Morgan fingerprint density at radius 3 is 2.70 bits per heavy atom. The quantitative estimate of drug-likeness (QED) is 0.479. The number of carbonyl (C=O) groups excluding carboxylic acids is 3. The molecule has 1 aromatic carbocycles. The highest BCUT2D eigenvalue weighted by Crippen LogP contribution is 2.57. The average Bonchev–Trinajstić information content (AvgIpc) is 3.42. The molecule has 7 rings (SSSR count). The predicted octanol–water partition coefficient (Wildman–Crippen LogP) is 2.96. The molecule has 1 atom stereocenters. The molecule has 3 aliphatic rings. The largest absolute Gasteiger partial charge is 0.346 e. The average molecular weight is 437 g/mol. The zero-order valence-corrected chi connectivity index (χ0v) is 17.6. The summed E-state index contributed by atoms with van der Waals surface area (Å²) in [4.78, 5) is 51.7. The van der Waals surface area contributed by atoms with E-state index in [2.05, 4.69) is 21.4 Å². The summed E-state index contributed by atoms with van der Waals surface area (Å²) in [7, 11) is 0. The zero-order valence-electron chi connectivity index (χ0n) is 17.6. The Hall–Kier alpha value is -4.07. The molecule has 1 aliphatic carbocycles. The van der Waals surface area contributed by atoms with E-state index in [1.165, 1.54) is 10.5 Å². The van der Waals surface area contributed by atoms with Crippen LogP contribution in [0.3, 0.4) is 0 Å². The van der Waals surface area contributed by atoms with E-state index in [1.807, 2.05) is 24.4 Å². The fraction of sp³-hybridized carbons (Fsp3) is 0.240. The molecule has 0 bridgehead atoms. The van der Waals surface area contributed by atoms with Gasteiger partial charge in [-0.15, -0.1) is 0 Å². The number of aromatic nitrogens is 3. The van der Waals surface area contributed by atoms with Crippen LogP contribution in [-0.2, 0) is 15.0 Å². The first-order valence-corrected chi connectivity index (χ1v) is 11.1. The number of H-pyrrole nitrogens is 1. The van der Waals surface area contributed by atoms with Gasteiger partial charge in [0.1, 0.15) is 11.7 Å². The van der Waals surface area contributed by atoms with Gasteiger partial charge in [-0.2, -0.15) is 0 Å². The maximum absolute atomic E-state index is 13.4. The van der Waals surface area contributed by atoms with E-state index < -0.39 is 11.9 Å². The first kappa shape index (κ1) is 18.5. The monoisotopic (exact) mass is 437 g/mol. The third kappa shape index (κ3) is 2.37. The number of anilines is 1. The lowest BCUT2D eigenvalue weighted by Crippen LogP contribution is -2.53. The first-order valence-electron chi connectivity index (χ1n) is 11.1. The highest BCUT2D eigenvalue weighted by atomic mass is 16.2. The number of rotatable bonds is 3. The van der Waals surface area contributed by atoms with Gasteiger partial charge in [-0.3, -0.25) is 29.6 Å². The van der Waals surface area contributed by atoms with E-state index in [9.17, 15) is 14.4 Å². The molecule has 8 heteroatoms. The Labute approximate surface area is 188 Å². The number of amides is 3. The molecule has 162 valence electrons. The van der Waals surface area contributed by atoms with Crippen molar-refractivity contribution in [1.82, 2.24) is 20.3 Å². The van der Waals surface area contributed by atoms with Crippen molar-refractivity contribution < 1.29 is 14.4 Å². The number of hydrogen-bond acceptors (Lipinski definition) is 5. The smallest absolute Gasteiger partial charge is 0.259 e. The first-order chi connectivity index (χ1) is 16.1. The van der Waals surface area contributed by atoms with Gasteiger partial charge < -0.3 is 4.98 Å². The zero-order chi connectivity index (χ0) is 22.3. The Morgan fingerprint density at radius 1 is 1.03 bits per heavy atom. The highest BCUT2D eigenvalue weighted by Gasteiger charge is 2.51. The second-order valence-electron chi connectivity index (χ2n) is 9.05. The molecule has 1 saturated carbocycles. The maximum Gasteiger partial charge on any atom is 0.259 e. The second-order valence-corrected chi connectivity index (χ2v) is 9.05. The molecule has 4 aromatic rings. The van der Waals surface area contributed by atoms with E-state index in [0.717, 1.165) is 40.3 Å². The summed E-state index contributed by atoms with van der Waals surface area (Å²) in [5, 5.41) is 5.22. The summed E-state index contributed by atoms with van der Waals surface area (Å²) in [6, 6.07) is 8.99. The fourth-order valence-electron chi connectivity index (χ4n) is 5.62. The maximum atomic E-state index is 13.4. The van der Waals surface area contributed by atoms with E-state index in [-0.39, 0.29) is 23.7 Å². The van der Waals surface area contributed by atoms with Crippen molar-refractivity contribution in [2.75, 3.05) is 4.90 Å². The van der Waals surface area contributed by atoms with Crippen molar-refractivity contribution in [2.45, 2.75) is 37.1 Å². The minimum atomic E-state index is -0.715. The summed E-state index contributed by atoms with van der Waals surface area (Å²) in [6.07, 6.45) is 7.97. The number of pyridine rings is 2. The van der Waals surface area contributed by atoms with Gasteiger partial charge >= 0.3 is 0 Å². The molecule has 3 amide bonds. The van der Waals surface area contributed by atoms with Crippen LogP contribution in [0, 0.1) is 0 Å². The van der Waals surface area contributed by atoms with E-state index in [0.29, 0.717) is 17.7 Å². The van der Waals surface area contributed by atoms with E-state index in [4.69, 9.17) is 4.98 Å². The molecule has 33 heavy (non-hydrogen) atoms. The number of benzene rings is 1. The van der Waals surface area contributed by atoms with Gasteiger partial charge in [-0.25, -0.2) is 4.98 Å². The van der Waals surface area contributed by atoms with E-state index >= 15 is 0 Å². The number of fused-ring (bicyclic) bond motifs is 1. The van der Waals surface area contributed by atoms with E-state index in [1.54, 1.807) is 18.5 Å². The van der Waals surface area contributed by atoms with Gasteiger partial charge in [0.15, 0.2) is 0 Å². The number of carbonyl (C=O) groups is 3.